The van der Waals surface area contributed by atoms with Crippen LogP contribution < -0.4 is 15.0 Å². The van der Waals surface area contributed by atoms with E-state index < -0.39 is 0 Å². The summed E-state index contributed by atoms with van der Waals surface area (Å²) >= 11 is 0. The van der Waals surface area contributed by atoms with E-state index in [-0.39, 0.29) is 6.10 Å². The number of hydrogen-bond acceptors (Lipinski definition) is 4. The standard InChI is InChI=1S/C17H23N3O/c1-13(2)21-17-8-6-5-7-14(17)11-19-15-12-18-10-9-16(15)20(3)4/h5-10,12-13,19H,11H2,1-4H3. The lowest BCUT2D eigenvalue weighted by Crippen LogP contribution is -2.13. The summed E-state index contributed by atoms with van der Waals surface area (Å²) < 4.78 is 5.85. The Morgan fingerprint density at radius 1 is 1.19 bits per heavy atom. The van der Waals surface area contributed by atoms with Gasteiger partial charge >= 0.3 is 0 Å². The molecule has 2 rings (SSSR count). The van der Waals surface area contributed by atoms with E-state index in [1.807, 2.05) is 58.4 Å². The van der Waals surface area contributed by atoms with Crippen molar-refractivity contribution in [3.05, 3.63) is 48.3 Å². The topological polar surface area (TPSA) is 37.4 Å². The molecule has 0 radical (unpaired) electrons. The molecule has 4 heteroatoms. The first-order valence-corrected chi connectivity index (χ1v) is 7.17. The van der Waals surface area contributed by atoms with Gasteiger partial charge in [0.2, 0.25) is 0 Å². The Kier molecular flexibility index (Phi) is 5.04. The highest BCUT2D eigenvalue weighted by Crippen LogP contribution is 2.25. The molecular formula is C17H23N3O. The van der Waals surface area contributed by atoms with E-state index >= 15 is 0 Å². The first-order chi connectivity index (χ1) is 10.1. The van der Waals surface area contributed by atoms with Crippen LogP contribution in [-0.4, -0.2) is 25.2 Å². The Morgan fingerprint density at radius 3 is 2.67 bits per heavy atom. The third-order valence-corrected chi connectivity index (χ3v) is 3.08. The lowest BCUT2D eigenvalue weighted by Gasteiger charge is -2.19. The quantitative estimate of drug-likeness (QED) is 0.881. The number of ether oxygens (including phenoxy) is 1. The summed E-state index contributed by atoms with van der Waals surface area (Å²) in [5, 5.41) is 3.44. The molecule has 0 amide bonds. The highest BCUT2D eigenvalue weighted by Gasteiger charge is 2.07. The van der Waals surface area contributed by atoms with Gasteiger partial charge in [-0.1, -0.05) is 18.2 Å². The summed E-state index contributed by atoms with van der Waals surface area (Å²) in [6, 6.07) is 10.1. The van der Waals surface area contributed by atoms with Crippen molar-refractivity contribution in [2.45, 2.75) is 26.5 Å². The maximum atomic E-state index is 5.85. The van der Waals surface area contributed by atoms with Gasteiger partial charge in [0.1, 0.15) is 5.75 Å². The molecule has 1 heterocycles. The molecule has 0 saturated carbocycles. The fourth-order valence-electron chi connectivity index (χ4n) is 2.12. The second-order valence-electron chi connectivity index (χ2n) is 5.42. The van der Waals surface area contributed by atoms with Crippen LogP contribution in [-0.2, 0) is 6.54 Å². The third kappa shape index (κ3) is 4.12. The molecule has 112 valence electrons. The maximum Gasteiger partial charge on any atom is 0.124 e. The van der Waals surface area contributed by atoms with Crippen molar-refractivity contribution in [2.75, 3.05) is 24.3 Å². The fraction of sp³-hybridized carbons (Fsp3) is 0.353. The van der Waals surface area contributed by atoms with Crippen LogP contribution in [0.3, 0.4) is 0 Å². The molecule has 0 unspecified atom stereocenters. The van der Waals surface area contributed by atoms with Gasteiger partial charge < -0.3 is 15.0 Å². The smallest absolute Gasteiger partial charge is 0.124 e. The molecule has 1 aromatic heterocycles. The summed E-state index contributed by atoms with van der Waals surface area (Å²) in [5.41, 5.74) is 3.27. The number of benzene rings is 1. The number of nitrogens with one attached hydrogen (secondary N) is 1. The van der Waals surface area contributed by atoms with Gasteiger partial charge in [0, 0.05) is 32.4 Å². The molecule has 0 fully saturated rings. The number of para-hydroxylation sites is 1. The normalized spacial score (nSPS) is 10.5. The summed E-state index contributed by atoms with van der Waals surface area (Å²) in [5.74, 6) is 0.926. The van der Waals surface area contributed by atoms with Crippen molar-refractivity contribution < 1.29 is 4.74 Å². The number of hydrogen-bond donors (Lipinski definition) is 1. The van der Waals surface area contributed by atoms with Crippen molar-refractivity contribution in [1.29, 1.82) is 0 Å². The van der Waals surface area contributed by atoms with Gasteiger partial charge in [-0.3, -0.25) is 4.98 Å². The molecule has 0 bridgehead atoms. The van der Waals surface area contributed by atoms with Gasteiger partial charge in [-0.15, -0.1) is 0 Å². The van der Waals surface area contributed by atoms with E-state index in [0.717, 1.165) is 22.7 Å². The summed E-state index contributed by atoms with van der Waals surface area (Å²) in [6.45, 7) is 4.78. The molecule has 1 N–H and O–H groups in total. The Morgan fingerprint density at radius 2 is 1.95 bits per heavy atom. The monoisotopic (exact) mass is 285 g/mol. The van der Waals surface area contributed by atoms with E-state index in [1.54, 1.807) is 6.20 Å². The number of pyridine rings is 1. The van der Waals surface area contributed by atoms with Crippen LogP contribution in [0.2, 0.25) is 0 Å². The predicted octanol–water partition coefficient (Wildman–Crippen LogP) is 3.55. The van der Waals surface area contributed by atoms with Crippen molar-refractivity contribution in [3.8, 4) is 5.75 Å². The fourth-order valence-corrected chi connectivity index (χ4v) is 2.12. The number of nitrogens with zero attached hydrogens (tertiary/aromatic N) is 2. The third-order valence-electron chi connectivity index (χ3n) is 3.08. The summed E-state index contributed by atoms with van der Waals surface area (Å²) in [4.78, 5) is 6.26. The Bertz CT molecular complexity index is 582. The molecule has 2 aromatic rings. The van der Waals surface area contributed by atoms with E-state index in [0.29, 0.717) is 6.54 Å². The van der Waals surface area contributed by atoms with Crippen LogP contribution in [0.4, 0.5) is 11.4 Å². The molecule has 0 aliphatic heterocycles. The molecule has 0 aliphatic rings. The second kappa shape index (κ2) is 6.97. The summed E-state index contributed by atoms with van der Waals surface area (Å²) in [6.07, 6.45) is 3.82. The lowest BCUT2D eigenvalue weighted by molar-refractivity contribution is 0.240. The zero-order valence-corrected chi connectivity index (χ0v) is 13.1. The first kappa shape index (κ1) is 15.2. The maximum absolute atomic E-state index is 5.85. The Labute approximate surface area is 126 Å². The number of rotatable bonds is 6. The van der Waals surface area contributed by atoms with Gasteiger partial charge in [-0.2, -0.15) is 0 Å². The van der Waals surface area contributed by atoms with Crippen LogP contribution in [0.15, 0.2) is 42.7 Å². The van der Waals surface area contributed by atoms with Crippen LogP contribution in [0.25, 0.3) is 0 Å². The second-order valence-corrected chi connectivity index (χ2v) is 5.42. The minimum atomic E-state index is 0.168. The molecule has 4 nitrogen and oxygen atoms in total. The average molecular weight is 285 g/mol. The Hall–Kier alpha value is -2.23. The molecule has 0 aliphatic carbocycles. The van der Waals surface area contributed by atoms with Crippen molar-refractivity contribution in [2.24, 2.45) is 0 Å². The Balaban J connectivity index is 2.14. The predicted molar refractivity (Wildman–Crippen MR) is 88.1 cm³/mol. The molecule has 0 atom stereocenters. The molecule has 0 saturated heterocycles. The minimum Gasteiger partial charge on any atom is -0.491 e. The zero-order chi connectivity index (χ0) is 15.2. The SMILES string of the molecule is CC(C)Oc1ccccc1CNc1cnccc1N(C)C. The van der Waals surface area contributed by atoms with E-state index in [2.05, 4.69) is 21.3 Å². The van der Waals surface area contributed by atoms with Crippen LogP contribution >= 0.6 is 0 Å². The molecule has 21 heavy (non-hydrogen) atoms. The largest absolute Gasteiger partial charge is 0.491 e. The van der Waals surface area contributed by atoms with Gasteiger partial charge in [-0.05, 0) is 26.0 Å². The number of anilines is 2. The highest BCUT2D eigenvalue weighted by atomic mass is 16.5. The van der Waals surface area contributed by atoms with Crippen molar-refractivity contribution in [3.63, 3.8) is 0 Å². The average Bonchev–Trinajstić information content (AvgIpc) is 2.46. The van der Waals surface area contributed by atoms with Gasteiger partial charge in [0.15, 0.2) is 0 Å². The van der Waals surface area contributed by atoms with Gasteiger partial charge in [0.25, 0.3) is 0 Å². The van der Waals surface area contributed by atoms with Crippen LogP contribution in [0, 0.1) is 0 Å². The van der Waals surface area contributed by atoms with Crippen LogP contribution in [0.1, 0.15) is 19.4 Å². The minimum absolute atomic E-state index is 0.168. The summed E-state index contributed by atoms with van der Waals surface area (Å²) in [7, 11) is 4.05. The molecule has 0 spiro atoms. The number of aromatic nitrogens is 1. The first-order valence-electron chi connectivity index (χ1n) is 7.17. The lowest BCUT2D eigenvalue weighted by atomic mass is 10.2. The van der Waals surface area contributed by atoms with E-state index in [1.165, 1.54) is 0 Å². The van der Waals surface area contributed by atoms with E-state index in [9.17, 15) is 0 Å². The zero-order valence-electron chi connectivity index (χ0n) is 13.1. The van der Waals surface area contributed by atoms with E-state index in [4.69, 9.17) is 4.74 Å². The van der Waals surface area contributed by atoms with Gasteiger partial charge in [0.05, 0.1) is 23.7 Å². The van der Waals surface area contributed by atoms with Crippen molar-refractivity contribution in [1.82, 2.24) is 4.98 Å². The van der Waals surface area contributed by atoms with Crippen molar-refractivity contribution >= 4 is 11.4 Å². The molecule has 1 aromatic carbocycles. The van der Waals surface area contributed by atoms with Crippen LogP contribution in [0.5, 0.6) is 5.75 Å². The molecular weight excluding hydrogens is 262 g/mol. The highest BCUT2D eigenvalue weighted by molar-refractivity contribution is 5.68. The van der Waals surface area contributed by atoms with Gasteiger partial charge in [-0.25, -0.2) is 0 Å².